The lowest BCUT2D eigenvalue weighted by Crippen LogP contribution is -2.30. The Bertz CT molecular complexity index is 324. The van der Waals surface area contributed by atoms with Gasteiger partial charge < -0.3 is 0 Å². The molecule has 0 spiro atoms. The molecule has 1 rings (SSSR count). The highest BCUT2D eigenvalue weighted by Gasteiger charge is 2.10. The van der Waals surface area contributed by atoms with Gasteiger partial charge in [-0.2, -0.15) is 5.26 Å². The third-order valence-corrected chi connectivity index (χ3v) is 2.86. The molecule has 0 unspecified atom stereocenters. The van der Waals surface area contributed by atoms with E-state index in [-0.39, 0.29) is 0 Å². The van der Waals surface area contributed by atoms with Crippen molar-refractivity contribution in [2.24, 2.45) is 0 Å². The predicted octanol–water partition coefficient (Wildman–Crippen LogP) is 2.19. The van der Waals surface area contributed by atoms with Crippen molar-refractivity contribution in [2.75, 3.05) is 6.54 Å². The first kappa shape index (κ1) is 11.2. The number of hydrogen-bond acceptors (Lipinski definition) is 4. The summed E-state index contributed by atoms with van der Waals surface area (Å²) in [4.78, 5) is 6.49. The number of thiazole rings is 1. The first-order valence-electron chi connectivity index (χ1n) is 4.65. The van der Waals surface area contributed by atoms with Gasteiger partial charge in [-0.05, 0) is 20.8 Å². The van der Waals surface area contributed by atoms with Crippen LogP contribution >= 0.6 is 11.3 Å². The summed E-state index contributed by atoms with van der Waals surface area (Å²) in [6.45, 7) is 7.43. The summed E-state index contributed by atoms with van der Waals surface area (Å²) in [6.07, 6.45) is 0. The second kappa shape index (κ2) is 5.08. The molecular formula is C10H15N3S. The Labute approximate surface area is 89.0 Å². The van der Waals surface area contributed by atoms with Crippen LogP contribution in [-0.4, -0.2) is 22.5 Å². The van der Waals surface area contributed by atoms with Gasteiger partial charge in [-0.15, -0.1) is 11.3 Å². The second-order valence-electron chi connectivity index (χ2n) is 3.51. The average molecular weight is 209 g/mol. The van der Waals surface area contributed by atoms with Crippen molar-refractivity contribution in [1.82, 2.24) is 9.88 Å². The van der Waals surface area contributed by atoms with Gasteiger partial charge in [0, 0.05) is 18.0 Å². The fourth-order valence-corrected chi connectivity index (χ4v) is 1.80. The molecule has 0 amide bonds. The van der Waals surface area contributed by atoms with Gasteiger partial charge in [-0.3, -0.25) is 4.90 Å². The van der Waals surface area contributed by atoms with Crippen LogP contribution in [-0.2, 0) is 6.54 Å². The minimum absolute atomic E-state index is 0.386. The normalized spacial score (nSPS) is 10.9. The molecule has 0 aliphatic rings. The van der Waals surface area contributed by atoms with Gasteiger partial charge in [0.05, 0.1) is 23.3 Å². The molecule has 1 heterocycles. The van der Waals surface area contributed by atoms with Crippen molar-refractivity contribution in [1.29, 1.82) is 5.26 Å². The maximum absolute atomic E-state index is 8.66. The van der Waals surface area contributed by atoms with E-state index in [4.69, 9.17) is 5.26 Å². The van der Waals surface area contributed by atoms with Gasteiger partial charge in [-0.25, -0.2) is 4.98 Å². The maximum Gasteiger partial charge on any atom is 0.0897 e. The van der Waals surface area contributed by atoms with E-state index < -0.39 is 0 Å². The van der Waals surface area contributed by atoms with E-state index in [0.29, 0.717) is 12.6 Å². The van der Waals surface area contributed by atoms with Gasteiger partial charge in [-0.1, -0.05) is 0 Å². The average Bonchev–Trinajstić information content (AvgIpc) is 2.50. The number of aromatic nitrogens is 1. The molecule has 4 heteroatoms. The Hall–Kier alpha value is -0.920. The minimum atomic E-state index is 0.386. The molecule has 1 aromatic rings. The van der Waals surface area contributed by atoms with Crippen LogP contribution in [0.1, 0.15) is 24.5 Å². The summed E-state index contributed by atoms with van der Waals surface area (Å²) in [6, 6.07) is 2.56. The third kappa shape index (κ3) is 3.09. The standard InChI is InChI=1S/C10H15N3S/c1-8(2)13(5-4-11)6-10-7-14-9(3)12-10/h7-8H,5-6H2,1-3H3. The monoisotopic (exact) mass is 209 g/mol. The van der Waals surface area contributed by atoms with Crippen molar-refractivity contribution < 1.29 is 0 Å². The van der Waals surface area contributed by atoms with Gasteiger partial charge in [0.1, 0.15) is 0 Å². The number of nitrogens with zero attached hydrogens (tertiary/aromatic N) is 3. The highest BCUT2D eigenvalue weighted by molar-refractivity contribution is 7.09. The summed E-state index contributed by atoms with van der Waals surface area (Å²) in [7, 11) is 0. The van der Waals surface area contributed by atoms with Crippen molar-refractivity contribution >= 4 is 11.3 Å². The molecule has 0 atom stereocenters. The molecule has 14 heavy (non-hydrogen) atoms. The largest absolute Gasteiger partial charge is 0.282 e. The Morgan fingerprint density at radius 2 is 2.36 bits per heavy atom. The summed E-state index contributed by atoms with van der Waals surface area (Å²) >= 11 is 1.66. The quantitative estimate of drug-likeness (QED) is 0.714. The van der Waals surface area contributed by atoms with E-state index >= 15 is 0 Å². The first-order chi connectivity index (χ1) is 6.63. The zero-order valence-electron chi connectivity index (χ0n) is 8.82. The van der Waals surface area contributed by atoms with Crippen LogP contribution in [0.3, 0.4) is 0 Å². The summed E-state index contributed by atoms with van der Waals surface area (Å²) < 4.78 is 0. The molecule has 0 bridgehead atoms. The lowest BCUT2D eigenvalue weighted by atomic mass is 10.3. The van der Waals surface area contributed by atoms with E-state index in [1.54, 1.807) is 11.3 Å². The van der Waals surface area contributed by atoms with Gasteiger partial charge in [0.15, 0.2) is 0 Å². The fraction of sp³-hybridized carbons (Fsp3) is 0.600. The van der Waals surface area contributed by atoms with E-state index in [1.165, 1.54) is 0 Å². The smallest absolute Gasteiger partial charge is 0.0897 e. The molecule has 0 saturated heterocycles. The van der Waals surface area contributed by atoms with E-state index in [9.17, 15) is 0 Å². The highest BCUT2D eigenvalue weighted by atomic mass is 32.1. The Kier molecular flexibility index (Phi) is 4.05. The number of nitriles is 1. The van der Waals surface area contributed by atoms with Crippen molar-refractivity contribution in [3.63, 3.8) is 0 Å². The molecule has 0 saturated carbocycles. The van der Waals surface area contributed by atoms with E-state index in [0.717, 1.165) is 17.2 Å². The maximum atomic E-state index is 8.66. The molecule has 76 valence electrons. The van der Waals surface area contributed by atoms with Gasteiger partial charge in [0.25, 0.3) is 0 Å². The predicted molar refractivity (Wildman–Crippen MR) is 58.0 cm³/mol. The number of aryl methyl sites for hydroxylation is 1. The van der Waals surface area contributed by atoms with Crippen molar-refractivity contribution in [2.45, 2.75) is 33.4 Å². The molecule has 0 fully saturated rings. The van der Waals surface area contributed by atoms with Crippen LogP contribution in [0.15, 0.2) is 5.38 Å². The van der Waals surface area contributed by atoms with Crippen molar-refractivity contribution in [3.8, 4) is 6.07 Å². The van der Waals surface area contributed by atoms with Crippen LogP contribution in [0.4, 0.5) is 0 Å². The molecule has 0 aromatic carbocycles. The van der Waals surface area contributed by atoms with Crippen LogP contribution in [0.2, 0.25) is 0 Å². The van der Waals surface area contributed by atoms with Crippen molar-refractivity contribution in [3.05, 3.63) is 16.1 Å². The van der Waals surface area contributed by atoms with E-state index in [2.05, 4.69) is 35.2 Å². The SMILES string of the molecule is Cc1nc(CN(CC#N)C(C)C)cs1. The summed E-state index contributed by atoms with van der Waals surface area (Å²) in [5.74, 6) is 0. The van der Waals surface area contributed by atoms with Crippen LogP contribution in [0.25, 0.3) is 0 Å². The molecule has 0 aliphatic heterocycles. The molecule has 1 aromatic heterocycles. The Morgan fingerprint density at radius 1 is 1.64 bits per heavy atom. The zero-order chi connectivity index (χ0) is 10.6. The number of hydrogen-bond donors (Lipinski definition) is 0. The van der Waals surface area contributed by atoms with E-state index in [1.807, 2.05) is 6.92 Å². The highest BCUT2D eigenvalue weighted by Crippen LogP contribution is 2.11. The molecule has 0 aliphatic carbocycles. The van der Waals surface area contributed by atoms with Crippen LogP contribution < -0.4 is 0 Å². The third-order valence-electron chi connectivity index (χ3n) is 2.04. The van der Waals surface area contributed by atoms with Gasteiger partial charge in [0.2, 0.25) is 0 Å². The minimum Gasteiger partial charge on any atom is -0.282 e. The first-order valence-corrected chi connectivity index (χ1v) is 5.53. The van der Waals surface area contributed by atoms with Crippen LogP contribution in [0, 0.1) is 18.3 Å². The Morgan fingerprint density at radius 3 is 2.79 bits per heavy atom. The molecule has 0 N–H and O–H groups in total. The topological polar surface area (TPSA) is 39.9 Å². The fourth-order valence-electron chi connectivity index (χ4n) is 1.20. The number of rotatable bonds is 4. The van der Waals surface area contributed by atoms with Crippen LogP contribution in [0.5, 0.6) is 0 Å². The van der Waals surface area contributed by atoms with Gasteiger partial charge >= 0.3 is 0 Å². The zero-order valence-corrected chi connectivity index (χ0v) is 9.64. The second-order valence-corrected chi connectivity index (χ2v) is 4.58. The lowest BCUT2D eigenvalue weighted by molar-refractivity contribution is 0.238. The lowest BCUT2D eigenvalue weighted by Gasteiger charge is -2.21. The summed E-state index contributed by atoms with van der Waals surface area (Å²) in [5, 5.41) is 11.8. The molecule has 0 radical (unpaired) electrons. The summed E-state index contributed by atoms with van der Waals surface area (Å²) in [5.41, 5.74) is 1.07. The Balaban J connectivity index is 2.60. The molecular weight excluding hydrogens is 194 g/mol. The molecule has 3 nitrogen and oxygen atoms in total.